The van der Waals surface area contributed by atoms with Crippen molar-refractivity contribution in [1.82, 2.24) is 10.6 Å². The second-order valence-corrected chi connectivity index (χ2v) is 6.91. The van der Waals surface area contributed by atoms with Gasteiger partial charge < -0.3 is 25.4 Å². The second kappa shape index (κ2) is 8.31. The van der Waals surface area contributed by atoms with Gasteiger partial charge in [0.15, 0.2) is 5.11 Å². The number of methoxy groups -OCH3 is 2. The van der Waals surface area contributed by atoms with Gasteiger partial charge in [-0.1, -0.05) is 17.7 Å². The van der Waals surface area contributed by atoms with Crippen molar-refractivity contribution in [3.8, 4) is 11.5 Å². The topological polar surface area (TPSA) is 71.6 Å². The summed E-state index contributed by atoms with van der Waals surface area (Å²) >= 11 is 5.32. The standard InChI is InChI=1S/C21H23N3O3S/c1-12-5-7-14(8-6-12)23-20(25)18-13(2)22-21(28)24-19(18)16-11-15(26-3)9-10-17(16)27-4/h5-11,19H,1-4H3,(H,23,25)(H2,22,24,28)/t19-/m1/s1. The van der Waals surface area contributed by atoms with E-state index in [4.69, 9.17) is 21.7 Å². The SMILES string of the molecule is COc1ccc(OC)c([C@H]2NC(=S)NC(C)=C2C(=O)Nc2ccc(C)cc2)c1. The maximum Gasteiger partial charge on any atom is 0.255 e. The smallest absolute Gasteiger partial charge is 0.255 e. The maximum atomic E-state index is 13.1. The Morgan fingerprint density at radius 3 is 2.43 bits per heavy atom. The molecule has 146 valence electrons. The number of anilines is 1. The van der Waals surface area contributed by atoms with E-state index in [0.717, 1.165) is 16.8 Å². The molecule has 6 nitrogen and oxygen atoms in total. The number of rotatable bonds is 5. The van der Waals surface area contributed by atoms with Gasteiger partial charge in [0.25, 0.3) is 5.91 Å². The van der Waals surface area contributed by atoms with Gasteiger partial charge in [-0.15, -0.1) is 0 Å². The molecule has 7 heteroatoms. The molecule has 3 rings (SSSR count). The maximum absolute atomic E-state index is 13.1. The predicted octanol–water partition coefficient (Wildman–Crippen LogP) is 3.44. The van der Waals surface area contributed by atoms with E-state index in [0.29, 0.717) is 27.9 Å². The van der Waals surface area contributed by atoms with Crippen LogP contribution < -0.4 is 25.4 Å². The number of allylic oxidation sites excluding steroid dienone is 1. The molecule has 0 aliphatic carbocycles. The molecule has 0 aromatic heterocycles. The molecule has 2 aromatic rings. The lowest BCUT2D eigenvalue weighted by Crippen LogP contribution is -2.45. The molecule has 2 aromatic carbocycles. The number of amides is 1. The number of hydrogen-bond acceptors (Lipinski definition) is 4. The Bertz CT molecular complexity index is 938. The summed E-state index contributed by atoms with van der Waals surface area (Å²) in [4.78, 5) is 13.1. The first kappa shape index (κ1) is 19.7. The summed E-state index contributed by atoms with van der Waals surface area (Å²) < 4.78 is 10.9. The number of benzene rings is 2. The van der Waals surface area contributed by atoms with E-state index in [9.17, 15) is 4.79 Å². The quantitative estimate of drug-likeness (QED) is 0.672. The van der Waals surface area contributed by atoms with Gasteiger partial charge in [-0.05, 0) is 56.4 Å². The Kier molecular flexibility index (Phi) is 5.84. The van der Waals surface area contributed by atoms with Crippen molar-refractivity contribution >= 4 is 28.9 Å². The highest BCUT2D eigenvalue weighted by Gasteiger charge is 2.32. The number of hydrogen-bond donors (Lipinski definition) is 3. The van der Waals surface area contributed by atoms with Gasteiger partial charge in [-0.3, -0.25) is 4.79 Å². The van der Waals surface area contributed by atoms with Crippen LogP contribution >= 0.6 is 12.2 Å². The van der Waals surface area contributed by atoms with Crippen molar-refractivity contribution in [1.29, 1.82) is 0 Å². The molecule has 1 heterocycles. The Hall–Kier alpha value is -3.06. The van der Waals surface area contributed by atoms with E-state index in [1.165, 1.54) is 0 Å². The summed E-state index contributed by atoms with van der Waals surface area (Å²) in [5, 5.41) is 9.62. The van der Waals surface area contributed by atoms with Crippen LogP contribution in [0.5, 0.6) is 11.5 Å². The Balaban J connectivity index is 2.01. The summed E-state index contributed by atoms with van der Waals surface area (Å²) in [6, 6.07) is 12.6. The molecule has 0 fully saturated rings. The molecule has 1 aliphatic rings. The fourth-order valence-corrected chi connectivity index (χ4v) is 3.40. The lowest BCUT2D eigenvalue weighted by Gasteiger charge is -2.31. The largest absolute Gasteiger partial charge is 0.497 e. The van der Waals surface area contributed by atoms with E-state index in [2.05, 4.69) is 16.0 Å². The van der Waals surface area contributed by atoms with Crippen LogP contribution in [-0.2, 0) is 4.79 Å². The molecular formula is C21H23N3O3S. The van der Waals surface area contributed by atoms with Crippen LogP contribution in [0.4, 0.5) is 5.69 Å². The van der Waals surface area contributed by atoms with Gasteiger partial charge in [-0.25, -0.2) is 0 Å². The van der Waals surface area contributed by atoms with Crippen LogP contribution in [-0.4, -0.2) is 25.2 Å². The molecule has 0 spiro atoms. The van der Waals surface area contributed by atoms with Crippen LogP contribution in [0.25, 0.3) is 0 Å². The van der Waals surface area contributed by atoms with E-state index in [1.807, 2.05) is 56.3 Å². The normalized spacial score (nSPS) is 16.1. The summed E-state index contributed by atoms with van der Waals surface area (Å²) in [6.45, 7) is 3.83. The minimum absolute atomic E-state index is 0.223. The minimum atomic E-state index is -0.482. The van der Waals surface area contributed by atoms with Gasteiger partial charge in [0.1, 0.15) is 11.5 Å². The van der Waals surface area contributed by atoms with Crippen LogP contribution in [0.3, 0.4) is 0 Å². The third kappa shape index (κ3) is 4.09. The monoisotopic (exact) mass is 397 g/mol. The first-order valence-corrected chi connectivity index (χ1v) is 9.22. The highest BCUT2D eigenvalue weighted by atomic mass is 32.1. The van der Waals surface area contributed by atoms with Gasteiger partial charge >= 0.3 is 0 Å². The van der Waals surface area contributed by atoms with Crippen LogP contribution in [0.15, 0.2) is 53.7 Å². The number of ether oxygens (including phenoxy) is 2. The zero-order valence-electron chi connectivity index (χ0n) is 16.3. The van der Waals surface area contributed by atoms with Crippen molar-refractivity contribution in [2.45, 2.75) is 19.9 Å². The Morgan fingerprint density at radius 2 is 1.79 bits per heavy atom. The Morgan fingerprint density at radius 1 is 1.07 bits per heavy atom. The number of thiocarbonyl (C=S) groups is 1. The third-order valence-corrected chi connectivity index (χ3v) is 4.79. The number of carbonyl (C=O) groups is 1. The van der Waals surface area contributed by atoms with Crippen LogP contribution in [0.1, 0.15) is 24.1 Å². The fraction of sp³-hybridized carbons (Fsp3) is 0.238. The van der Waals surface area contributed by atoms with E-state index >= 15 is 0 Å². The number of aryl methyl sites for hydroxylation is 1. The minimum Gasteiger partial charge on any atom is -0.497 e. The molecule has 1 atom stereocenters. The lowest BCUT2D eigenvalue weighted by atomic mass is 9.94. The first-order valence-electron chi connectivity index (χ1n) is 8.81. The van der Waals surface area contributed by atoms with Crippen molar-refractivity contribution in [3.05, 3.63) is 64.9 Å². The van der Waals surface area contributed by atoms with Gasteiger partial charge in [0.05, 0.1) is 25.8 Å². The predicted molar refractivity (Wildman–Crippen MR) is 114 cm³/mol. The molecule has 0 radical (unpaired) electrons. The average molecular weight is 398 g/mol. The summed E-state index contributed by atoms with van der Waals surface area (Å²) in [7, 11) is 3.19. The van der Waals surface area contributed by atoms with Gasteiger partial charge in [-0.2, -0.15) is 0 Å². The third-order valence-electron chi connectivity index (χ3n) is 4.57. The van der Waals surface area contributed by atoms with E-state index in [1.54, 1.807) is 14.2 Å². The lowest BCUT2D eigenvalue weighted by molar-refractivity contribution is -0.113. The molecule has 0 unspecified atom stereocenters. The van der Waals surface area contributed by atoms with Crippen molar-refractivity contribution < 1.29 is 14.3 Å². The van der Waals surface area contributed by atoms with Crippen molar-refractivity contribution in [2.24, 2.45) is 0 Å². The summed E-state index contributed by atoms with van der Waals surface area (Å²) in [5.41, 5.74) is 3.82. The zero-order valence-corrected chi connectivity index (χ0v) is 17.1. The van der Waals surface area contributed by atoms with Crippen LogP contribution in [0, 0.1) is 6.92 Å². The molecule has 28 heavy (non-hydrogen) atoms. The summed E-state index contributed by atoms with van der Waals surface area (Å²) in [5.74, 6) is 1.08. The molecule has 0 bridgehead atoms. The molecule has 3 N–H and O–H groups in total. The van der Waals surface area contributed by atoms with Crippen molar-refractivity contribution in [3.63, 3.8) is 0 Å². The van der Waals surface area contributed by atoms with Crippen molar-refractivity contribution in [2.75, 3.05) is 19.5 Å². The van der Waals surface area contributed by atoms with E-state index < -0.39 is 6.04 Å². The Labute approximate surface area is 169 Å². The number of carbonyl (C=O) groups excluding carboxylic acids is 1. The summed E-state index contributed by atoms with van der Waals surface area (Å²) in [6.07, 6.45) is 0. The van der Waals surface area contributed by atoms with Gasteiger partial charge in [0.2, 0.25) is 0 Å². The first-order chi connectivity index (χ1) is 13.4. The second-order valence-electron chi connectivity index (χ2n) is 6.50. The molecule has 1 amide bonds. The highest BCUT2D eigenvalue weighted by Crippen LogP contribution is 2.35. The highest BCUT2D eigenvalue weighted by molar-refractivity contribution is 7.80. The van der Waals surface area contributed by atoms with E-state index in [-0.39, 0.29) is 5.91 Å². The van der Waals surface area contributed by atoms with Gasteiger partial charge in [0, 0.05) is 16.9 Å². The molecular weight excluding hydrogens is 374 g/mol. The molecule has 0 saturated heterocycles. The molecule has 0 saturated carbocycles. The van der Waals surface area contributed by atoms with Crippen LogP contribution in [0.2, 0.25) is 0 Å². The number of nitrogens with one attached hydrogen (secondary N) is 3. The zero-order chi connectivity index (χ0) is 20.3. The molecule has 1 aliphatic heterocycles. The average Bonchev–Trinajstić information content (AvgIpc) is 2.68. The fourth-order valence-electron chi connectivity index (χ4n) is 3.13.